The van der Waals surface area contributed by atoms with Gasteiger partial charge in [-0.15, -0.1) is 0 Å². The van der Waals surface area contributed by atoms with Crippen molar-refractivity contribution in [1.82, 2.24) is 4.90 Å². The molecule has 0 radical (unpaired) electrons. The first-order valence-electron chi connectivity index (χ1n) is 7.54. The van der Waals surface area contributed by atoms with E-state index < -0.39 is 5.60 Å². The molecule has 2 aliphatic rings. The number of likely N-dealkylation sites (tertiary alicyclic amines) is 1. The first-order chi connectivity index (χ1) is 9.34. The molecule has 1 atom stereocenters. The van der Waals surface area contributed by atoms with Crippen LogP contribution in [0.2, 0.25) is 0 Å². The predicted octanol–water partition coefficient (Wildman–Crippen LogP) is 2.17. The summed E-state index contributed by atoms with van der Waals surface area (Å²) in [6.45, 7) is 7.96. The molecule has 116 valence electrons. The van der Waals surface area contributed by atoms with E-state index in [1.165, 1.54) is 0 Å². The number of amides is 1. The number of hydrogen-bond acceptors (Lipinski definition) is 4. The van der Waals surface area contributed by atoms with Crippen LogP contribution >= 0.6 is 0 Å². The van der Waals surface area contributed by atoms with Crippen LogP contribution in [0.25, 0.3) is 0 Å². The number of carbonyl (C=O) groups is 1. The van der Waals surface area contributed by atoms with Crippen molar-refractivity contribution in [2.75, 3.05) is 26.3 Å². The monoisotopic (exact) mass is 285 g/mol. The van der Waals surface area contributed by atoms with Gasteiger partial charge in [-0.3, -0.25) is 0 Å². The molecule has 0 bridgehead atoms. The van der Waals surface area contributed by atoms with E-state index in [1.54, 1.807) is 4.90 Å². The van der Waals surface area contributed by atoms with Gasteiger partial charge in [0.05, 0.1) is 19.3 Å². The Labute approximate surface area is 121 Å². The Kier molecular flexibility index (Phi) is 4.59. The maximum absolute atomic E-state index is 12.0. The Morgan fingerprint density at radius 2 is 2.00 bits per heavy atom. The van der Waals surface area contributed by atoms with E-state index in [0.717, 1.165) is 38.8 Å². The minimum absolute atomic E-state index is 0.00418. The van der Waals surface area contributed by atoms with Gasteiger partial charge in [0.15, 0.2) is 0 Å². The highest BCUT2D eigenvalue weighted by molar-refractivity contribution is 5.68. The fourth-order valence-electron chi connectivity index (χ4n) is 2.95. The second kappa shape index (κ2) is 5.90. The van der Waals surface area contributed by atoms with Crippen molar-refractivity contribution >= 4 is 6.09 Å². The van der Waals surface area contributed by atoms with Crippen LogP contribution in [0, 0.1) is 5.41 Å². The zero-order chi connectivity index (χ0) is 14.8. The van der Waals surface area contributed by atoms with Gasteiger partial charge in [0.1, 0.15) is 5.60 Å². The number of ether oxygens (including phenoxy) is 2. The zero-order valence-electron chi connectivity index (χ0n) is 12.9. The highest BCUT2D eigenvalue weighted by atomic mass is 16.6. The second-order valence-corrected chi connectivity index (χ2v) is 7.12. The quantitative estimate of drug-likeness (QED) is 0.802. The molecule has 0 saturated carbocycles. The molecule has 2 rings (SSSR count). The van der Waals surface area contributed by atoms with Gasteiger partial charge in [-0.2, -0.15) is 0 Å². The molecule has 0 aromatic rings. The van der Waals surface area contributed by atoms with Crippen LogP contribution in [0.15, 0.2) is 0 Å². The third-order valence-electron chi connectivity index (χ3n) is 4.30. The van der Waals surface area contributed by atoms with Gasteiger partial charge in [-0.1, -0.05) is 0 Å². The molecule has 1 amide bonds. The molecule has 5 heteroatoms. The molecule has 1 N–H and O–H groups in total. The number of aliphatic hydroxyl groups is 1. The third-order valence-corrected chi connectivity index (χ3v) is 4.30. The van der Waals surface area contributed by atoms with Crippen molar-refractivity contribution < 1.29 is 19.4 Å². The summed E-state index contributed by atoms with van der Waals surface area (Å²) in [7, 11) is 0. The summed E-state index contributed by atoms with van der Waals surface area (Å²) in [5.74, 6) is 0. The number of aliphatic hydroxyl groups excluding tert-OH is 1. The molecular formula is C15H27NO4. The number of hydrogen-bond donors (Lipinski definition) is 1. The maximum Gasteiger partial charge on any atom is 0.410 e. The van der Waals surface area contributed by atoms with Crippen molar-refractivity contribution in [3.05, 3.63) is 0 Å². The topological polar surface area (TPSA) is 59.0 Å². The number of nitrogens with zero attached hydrogens (tertiary/aromatic N) is 1. The van der Waals surface area contributed by atoms with Crippen LogP contribution in [-0.4, -0.2) is 54.1 Å². The minimum Gasteiger partial charge on any atom is -0.444 e. The molecule has 2 fully saturated rings. The summed E-state index contributed by atoms with van der Waals surface area (Å²) in [5, 5.41) is 9.11. The minimum atomic E-state index is -0.436. The fraction of sp³-hybridized carbons (Fsp3) is 0.933. The summed E-state index contributed by atoms with van der Waals surface area (Å²) in [6, 6.07) is 0. The van der Waals surface area contributed by atoms with Crippen molar-refractivity contribution in [3.63, 3.8) is 0 Å². The molecule has 20 heavy (non-hydrogen) atoms. The Morgan fingerprint density at radius 1 is 1.35 bits per heavy atom. The van der Waals surface area contributed by atoms with E-state index in [0.29, 0.717) is 6.61 Å². The summed E-state index contributed by atoms with van der Waals surface area (Å²) >= 11 is 0. The van der Waals surface area contributed by atoms with Crippen LogP contribution in [-0.2, 0) is 9.47 Å². The average Bonchev–Trinajstić information content (AvgIpc) is 2.38. The Bertz CT molecular complexity index is 332. The van der Waals surface area contributed by atoms with Crippen LogP contribution in [0.5, 0.6) is 0 Å². The van der Waals surface area contributed by atoms with E-state index in [2.05, 4.69) is 0 Å². The summed E-state index contributed by atoms with van der Waals surface area (Å²) < 4.78 is 11.1. The van der Waals surface area contributed by atoms with E-state index in [4.69, 9.17) is 14.6 Å². The standard InChI is InChI=1S/C15H27NO4/c1-14(2,3)20-13(18)16-8-6-15(7-9-16)5-4-12(10-17)19-11-15/h12,17H,4-11H2,1-3H3. The number of rotatable bonds is 1. The Morgan fingerprint density at radius 3 is 2.45 bits per heavy atom. The lowest BCUT2D eigenvalue weighted by atomic mass is 9.73. The van der Waals surface area contributed by atoms with Crippen molar-refractivity contribution in [1.29, 1.82) is 0 Å². The van der Waals surface area contributed by atoms with E-state index >= 15 is 0 Å². The molecule has 2 saturated heterocycles. The van der Waals surface area contributed by atoms with Gasteiger partial charge in [-0.05, 0) is 51.9 Å². The highest BCUT2D eigenvalue weighted by Crippen LogP contribution is 2.40. The van der Waals surface area contributed by atoms with Gasteiger partial charge in [0.25, 0.3) is 0 Å². The SMILES string of the molecule is CC(C)(C)OC(=O)N1CCC2(CCC(CO)OC2)CC1. The molecule has 1 unspecified atom stereocenters. The fourth-order valence-corrected chi connectivity index (χ4v) is 2.95. The van der Waals surface area contributed by atoms with Crippen molar-refractivity contribution in [2.24, 2.45) is 5.41 Å². The lowest BCUT2D eigenvalue weighted by molar-refractivity contribution is -0.100. The third kappa shape index (κ3) is 3.85. The predicted molar refractivity (Wildman–Crippen MR) is 75.5 cm³/mol. The molecular weight excluding hydrogens is 258 g/mol. The Balaban J connectivity index is 1.82. The Hall–Kier alpha value is -0.810. The van der Waals surface area contributed by atoms with Crippen LogP contribution in [0.3, 0.4) is 0 Å². The molecule has 1 spiro atoms. The molecule has 5 nitrogen and oxygen atoms in total. The molecule has 2 aliphatic heterocycles. The van der Waals surface area contributed by atoms with Crippen LogP contribution < -0.4 is 0 Å². The summed E-state index contributed by atoms with van der Waals surface area (Å²) in [5.41, 5.74) is -0.237. The number of carbonyl (C=O) groups excluding carboxylic acids is 1. The number of piperidine rings is 1. The maximum atomic E-state index is 12.0. The smallest absolute Gasteiger partial charge is 0.410 e. The van der Waals surface area contributed by atoms with Crippen LogP contribution in [0.1, 0.15) is 46.5 Å². The summed E-state index contributed by atoms with van der Waals surface area (Å²) in [6.07, 6.45) is 3.72. The first-order valence-corrected chi connectivity index (χ1v) is 7.54. The van der Waals surface area contributed by atoms with Gasteiger partial charge < -0.3 is 19.5 Å². The van der Waals surface area contributed by atoms with Crippen molar-refractivity contribution in [3.8, 4) is 0 Å². The van der Waals surface area contributed by atoms with Crippen LogP contribution in [0.4, 0.5) is 4.79 Å². The van der Waals surface area contributed by atoms with Crippen molar-refractivity contribution in [2.45, 2.75) is 58.2 Å². The van der Waals surface area contributed by atoms with Gasteiger partial charge in [-0.25, -0.2) is 4.79 Å². The first kappa shape index (κ1) is 15.6. The van der Waals surface area contributed by atoms with E-state index in [1.807, 2.05) is 20.8 Å². The normalized spacial score (nSPS) is 26.6. The largest absolute Gasteiger partial charge is 0.444 e. The summed E-state index contributed by atoms with van der Waals surface area (Å²) in [4.78, 5) is 13.8. The zero-order valence-corrected chi connectivity index (χ0v) is 12.9. The highest BCUT2D eigenvalue weighted by Gasteiger charge is 2.40. The van der Waals surface area contributed by atoms with E-state index in [9.17, 15) is 4.79 Å². The molecule has 0 aromatic heterocycles. The van der Waals surface area contributed by atoms with Gasteiger partial charge in [0, 0.05) is 13.1 Å². The van der Waals surface area contributed by atoms with E-state index in [-0.39, 0.29) is 24.2 Å². The molecule has 2 heterocycles. The molecule has 0 aromatic carbocycles. The van der Waals surface area contributed by atoms with Gasteiger partial charge in [0.2, 0.25) is 0 Å². The second-order valence-electron chi connectivity index (χ2n) is 7.12. The lowest BCUT2D eigenvalue weighted by Gasteiger charge is -2.45. The average molecular weight is 285 g/mol. The lowest BCUT2D eigenvalue weighted by Crippen LogP contribution is -2.49. The van der Waals surface area contributed by atoms with Gasteiger partial charge >= 0.3 is 6.09 Å². The molecule has 0 aliphatic carbocycles.